The molecular weight excluding hydrogens is 248 g/mol. The smallest absolute Gasteiger partial charge is 0.199 e. The standard InChI is InChI=1S/C13H14N2S2/c1-9-4-6-12(7-5-9)16-17-13-14-10(2)8-11(3)15-13/h4-8H,1-3H3. The fourth-order valence-electron chi connectivity index (χ4n) is 1.41. The minimum atomic E-state index is 0.827. The van der Waals surface area contributed by atoms with Crippen molar-refractivity contribution in [3.63, 3.8) is 0 Å². The molecule has 0 spiro atoms. The van der Waals surface area contributed by atoms with E-state index in [9.17, 15) is 0 Å². The molecule has 0 N–H and O–H groups in total. The highest BCUT2D eigenvalue weighted by Gasteiger charge is 2.02. The highest BCUT2D eigenvalue weighted by molar-refractivity contribution is 8.76. The maximum atomic E-state index is 4.40. The number of hydrogen-bond acceptors (Lipinski definition) is 4. The molecule has 17 heavy (non-hydrogen) atoms. The van der Waals surface area contributed by atoms with Crippen LogP contribution in [0.25, 0.3) is 0 Å². The fourth-order valence-corrected chi connectivity index (χ4v) is 3.26. The number of nitrogens with zero attached hydrogens (tertiary/aromatic N) is 2. The predicted octanol–water partition coefficient (Wildman–Crippen LogP) is 4.20. The third kappa shape index (κ3) is 3.75. The van der Waals surface area contributed by atoms with Crippen molar-refractivity contribution in [2.45, 2.75) is 30.8 Å². The zero-order valence-corrected chi connectivity index (χ0v) is 11.7. The first-order valence-corrected chi connectivity index (χ1v) is 7.52. The summed E-state index contributed by atoms with van der Waals surface area (Å²) in [5.74, 6) is 0. The Morgan fingerprint density at radius 2 is 1.41 bits per heavy atom. The van der Waals surface area contributed by atoms with Crippen LogP contribution in [-0.4, -0.2) is 9.97 Å². The van der Waals surface area contributed by atoms with Crippen molar-refractivity contribution < 1.29 is 0 Å². The summed E-state index contributed by atoms with van der Waals surface area (Å²) in [5.41, 5.74) is 3.32. The molecule has 0 amide bonds. The Hall–Kier alpha value is -1.00. The summed E-state index contributed by atoms with van der Waals surface area (Å²) in [6.07, 6.45) is 0. The van der Waals surface area contributed by atoms with Crippen molar-refractivity contribution in [2.24, 2.45) is 0 Å². The topological polar surface area (TPSA) is 25.8 Å². The Morgan fingerprint density at radius 1 is 0.824 bits per heavy atom. The van der Waals surface area contributed by atoms with Crippen LogP contribution in [0.3, 0.4) is 0 Å². The normalized spacial score (nSPS) is 10.5. The van der Waals surface area contributed by atoms with Gasteiger partial charge in [0.2, 0.25) is 0 Å². The second kappa shape index (κ2) is 5.56. The van der Waals surface area contributed by atoms with E-state index in [-0.39, 0.29) is 0 Å². The maximum absolute atomic E-state index is 4.40. The molecule has 2 nitrogen and oxygen atoms in total. The highest BCUT2D eigenvalue weighted by Crippen LogP contribution is 2.35. The predicted molar refractivity (Wildman–Crippen MR) is 74.4 cm³/mol. The van der Waals surface area contributed by atoms with E-state index in [4.69, 9.17) is 0 Å². The molecule has 0 unspecified atom stereocenters. The molecule has 1 aromatic heterocycles. The van der Waals surface area contributed by atoms with Gasteiger partial charge in [0.15, 0.2) is 5.16 Å². The lowest BCUT2D eigenvalue weighted by Gasteiger charge is -2.02. The fraction of sp³-hybridized carbons (Fsp3) is 0.231. The molecule has 0 saturated heterocycles. The molecule has 0 fully saturated rings. The van der Waals surface area contributed by atoms with Gasteiger partial charge in [-0.15, -0.1) is 0 Å². The maximum Gasteiger partial charge on any atom is 0.199 e. The Labute approximate surface area is 110 Å². The second-order valence-electron chi connectivity index (χ2n) is 3.91. The lowest BCUT2D eigenvalue weighted by Crippen LogP contribution is -1.91. The van der Waals surface area contributed by atoms with Crippen LogP contribution in [0.15, 0.2) is 40.4 Å². The van der Waals surface area contributed by atoms with E-state index >= 15 is 0 Å². The molecule has 2 rings (SSSR count). The van der Waals surface area contributed by atoms with E-state index in [1.807, 2.05) is 19.9 Å². The molecule has 0 atom stereocenters. The van der Waals surface area contributed by atoms with E-state index in [0.717, 1.165) is 16.5 Å². The van der Waals surface area contributed by atoms with Gasteiger partial charge in [-0.25, -0.2) is 9.97 Å². The molecule has 0 aliphatic rings. The van der Waals surface area contributed by atoms with Gasteiger partial charge in [-0.1, -0.05) is 17.7 Å². The quantitative estimate of drug-likeness (QED) is 0.611. The van der Waals surface area contributed by atoms with Crippen molar-refractivity contribution in [2.75, 3.05) is 0 Å². The first-order valence-electron chi connectivity index (χ1n) is 5.37. The van der Waals surface area contributed by atoms with Crippen molar-refractivity contribution in [1.82, 2.24) is 9.97 Å². The van der Waals surface area contributed by atoms with Crippen LogP contribution in [-0.2, 0) is 0 Å². The van der Waals surface area contributed by atoms with E-state index < -0.39 is 0 Å². The van der Waals surface area contributed by atoms with Crippen LogP contribution >= 0.6 is 21.6 Å². The number of aryl methyl sites for hydroxylation is 3. The van der Waals surface area contributed by atoms with Crippen LogP contribution in [0.2, 0.25) is 0 Å². The zero-order valence-electron chi connectivity index (χ0n) is 10.1. The first-order chi connectivity index (χ1) is 8.13. The molecular formula is C13H14N2S2. The minimum Gasteiger partial charge on any atom is -0.227 e. The molecule has 0 saturated carbocycles. The van der Waals surface area contributed by atoms with Crippen LogP contribution in [0.1, 0.15) is 17.0 Å². The van der Waals surface area contributed by atoms with Gasteiger partial charge < -0.3 is 0 Å². The molecule has 2 aromatic rings. The Kier molecular flexibility index (Phi) is 4.07. The largest absolute Gasteiger partial charge is 0.227 e. The SMILES string of the molecule is Cc1ccc(SSc2nc(C)cc(C)n2)cc1. The van der Waals surface area contributed by atoms with E-state index in [1.165, 1.54) is 10.5 Å². The van der Waals surface area contributed by atoms with E-state index in [2.05, 4.69) is 41.2 Å². The minimum absolute atomic E-state index is 0.827. The average Bonchev–Trinajstić information content (AvgIpc) is 2.27. The molecule has 1 aromatic carbocycles. The third-order valence-electron chi connectivity index (χ3n) is 2.20. The zero-order chi connectivity index (χ0) is 12.3. The van der Waals surface area contributed by atoms with Gasteiger partial charge in [0, 0.05) is 16.3 Å². The first kappa shape index (κ1) is 12.5. The Balaban J connectivity index is 2.04. The van der Waals surface area contributed by atoms with Crippen molar-refractivity contribution >= 4 is 21.6 Å². The van der Waals surface area contributed by atoms with Gasteiger partial charge in [0.1, 0.15) is 0 Å². The monoisotopic (exact) mass is 262 g/mol. The molecule has 88 valence electrons. The van der Waals surface area contributed by atoms with Crippen molar-refractivity contribution in [3.05, 3.63) is 47.3 Å². The summed E-state index contributed by atoms with van der Waals surface area (Å²) in [6.45, 7) is 6.08. The van der Waals surface area contributed by atoms with Gasteiger partial charge in [0.05, 0.1) is 0 Å². The lowest BCUT2D eigenvalue weighted by atomic mass is 10.2. The van der Waals surface area contributed by atoms with E-state index in [0.29, 0.717) is 0 Å². The van der Waals surface area contributed by atoms with Crippen LogP contribution < -0.4 is 0 Å². The summed E-state index contributed by atoms with van der Waals surface area (Å²) in [5, 5.41) is 0.827. The number of aromatic nitrogens is 2. The highest BCUT2D eigenvalue weighted by atomic mass is 33.1. The van der Waals surface area contributed by atoms with E-state index in [1.54, 1.807) is 21.6 Å². The summed E-state index contributed by atoms with van der Waals surface area (Å²) in [6, 6.07) is 10.5. The van der Waals surface area contributed by atoms with Crippen molar-refractivity contribution in [3.8, 4) is 0 Å². The summed E-state index contributed by atoms with van der Waals surface area (Å²) >= 11 is 0. The molecule has 0 bridgehead atoms. The summed E-state index contributed by atoms with van der Waals surface area (Å²) in [4.78, 5) is 10.0. The number of rotatable bonds is 3. The van der Waals surface area contributed by atoms with Crippen molar-refractivity contribution in [1.29, 1.82) is 0 Å². The van der Waals surface area contributed by atoms with Crippen LogP contribution in [0.4, 0.5) is 0 Å². The number of hydrogen-bond donors (Lipinski definition) is 0. The average molecular weight is 262 g/mol. The summed E-state index contributed by atoms with van der Waals surface area (Å²) in [7, 11) is 3.29. The van der Waals surface area contributed by atoms with Crippen LogP contribution in [0, 0.1) is 20.8 Å². The molecule has 0 radical (unpaired) electrons. The van der Waals surface area contributed by atoms with Gasteiger partial charge in [-0.2, -0.15) is 0 Å². The molecule has 1 heterocycles. The van der Waals surface area contributed by atoms with Gasteiger partial charge in [-0.05, 0) is 60.6 Å². The van der Waals surface area contributed by atoms with Gasteiger partial charge in [-0.3, -0.25) is 0 Å². The van der Waals surface area contributed by atoms with Gasteiger partial charge >= 0.3 is 0 Å². The molecule has 4 heteroatoms. The van der Waals surface area contributed by atoms with Gasteiger partial charge in [0.25, 0.3) is 0 Å². The summed E-state index contributed by atoms with van der Waals surface area (Å²) < 4.78 is 0. The molecule has 0 aliphatic heterocycles. The Morgan fingerprint density at radius 3 is 2.00 bits per heavy atom. The lowest BCUT2D eigenvalue weighted by molar-refractivity contribution is 0.907. The molecule has 0 aliphatic carbocycles. The Bertz CT molecular complexity index is 489. The third-order valence-corrected chi connectivity index (χ3v) is 4.35. The number of benzene rings is 1. The second-order valence-corrected chi connectivity index (χ2v) is 6.08. The van der Waals surface area contributed by atoms with Crippen LogP contribution in [0.5, 0.6) is 0 Å².